The molecule has 1 heterocycles. The highest BCUT2D eigenvalue weighted by molar-refractivity contribution is 7.78. The Morgan fingerprint density at radius 3 is 2.68 bits per heavy atom. The van der Waals surface area contributed by atoms with Crippen molar-refractivity contribution in [2.75, 3.05) is 6.61 Å². The fourth-order valence-electron chi connectivity index (χ4n) is 1.98. The maximum absolute atomic E-state index is 12.2. The minimum absolute atomic E-state index is 0.173. The first-order valence-electron chi connectivity index (χ1n) is 6.68. The van der Waals surface area contributed by atoms with Gasteiger partial charge in [-0.25, -0.2) is 9.00 Å². The summed E-state index contributed by atoms with van der Waals surface area (Å²) in [6.07, 6.45) is -0.213. The number of hydrogen-bond donors (Lipinski definition) is 0. The Hall–Kier alpha value is -0.820. The average molecular weight is 366 g/mol. The minimum atomic E-state index is -1.84. The Morgan fingerprint density at radius 2 is 2.09 bits per heavy atom. The van der Waals surface area contributed by atoms with Gasteiger partial charge < -0.3 is 4.74 Å². The smallest absolute Gasteiger partial charge is 0.424 e. The Kier molecular flexibility index (Phi) is 5.37. The van der Waals surface area contributed by atoms with Crippen molar-refractivity contribution in [3.05, 3.63) is 33.8 Å². The molecule has 1 aromatic carbocycles. The molecule has 122 valence electrons. The zero-order valence-corrected chi connectivity index (χ0v) is 14.8. The first kappa shape index (κ1) is 17.5. The molecule has 8 heteroatoms. The fraction of sp³-hybridized carbons (Fsp3) is 0.500. The second-order valence-electron chi connectivity index (χ2n) is 5.91. The molecule has 2 unspecified atom stereocenters. The molecule has 0 aliphatic carbocycles. The maximum Gasteiger partial charge on any atom is 0.424 e. The van der Waals surface area contributed by atoms with Gasteiger partial charge in [-0.3, -0.25) is 4.18 Å². The van der Waals surface area contributed by atoms with Crippen LogP contribution in [0.1, 0.15) is 26.3 Å². The monoisotopic (exact) mass is 365 g/mol. The number of rotatable bonds is 2. The molecule has 1 amide bonds. The van der Waals surface area contributed by atoms with Crippen LogP contribution in [0.25, 0.3) is 0 Å². The summed E-state index contributed by atoms with van der Waals surface area (Å²) in [5.74, 6) is 0. The number of benzene rings is 1. The maximum atomic E-state index is 12.2. The van der Waals surface area contributed by atoms with Gasteiger partial charge in [-0.05, 0) is 44.9 Å². The van der Waals surface area contributed by atoms with Crippen LogP contribution in [0, 0.1) is 0 Å². The second kappa shape index (κ2) is 6.74. The Morgan fingerprint density at radius 1 is 1.41 bits per heavy atom. The zero-order chi connectivity index (χ0) is 16.5. The second-order valence-corrected chi connectivity index (χ2v) is 7.79. The molecule has 1 aliphatic heterocycles. The lowest BCUT2D eigenvalue weighted by Gasteiger charge is -2.25. The molecule has 0 aromatic heterocycles. The van der Waals surface area contributed by atoms with Crippen molar-refractivity contribution in [3.63, 3.8) is 0 Å². The van der Waals surface area contributed by atoms with Crippen LogP contribution in [0.3, 0.4) is 0 Å². The van der Waals surface area contributed by atoms with Gasteiger partial charge in [0.25, 0.3) is 11.3 Å². The van der Waals surface area contributed by atoms with Gasteiger partial charge in [-0.15, -0.1) is 0 Å². The molecule has 2 atom stereocenters. The number of carbonyl (C=O) groups excluding carboxylic acids is 1. The standard InChI is InChI=1S/C14H17Cl2NO4S/c1-14(2,3)21-13(18)17-10(8-20-22(17)19)6-9-4-5-11(15)12(16)7-9/h4-5,7,10H,6,8H2,1-3H3. The summed E-state index contributed by atoms with van der Waals surface area (Å²) >= 11 is 10.0. The summed E-state index contributed by atoms with van der Waals surface area (Å²) in [7, 11) is 0. The van der Waals surface area contributed by atoms with Gasteiger partial charge in [-0.2, -0.15) is 4.31 Å². The molecular weight excluding hydrogens is 349 g/mol. The van der Waals surface area contributed by atoms with Crippen molar-refractivity contribution < 1.29 is 17.9 Å². The van der Waals surface area contributed by atoms with Gasteiger partial charge in [0.2, 0.25) is 0 Å². The lowest BCUT2D eigenvalue weighted by atomic mass is 10.1. The summed E-state index contributed by atoms with van der Waals surface area (Å²) in [5.41, 5.74) is 0.202. The highest BCUT2D eigenvalue weighted by Gasteiger charge is 2.39. The van der Waals surface area contributed by atoms with E-state index in [2.05, 4.69) is 0 Å². The lowest BCUT2D eigenvalue weighted by Crippen LogP contribution is -2.41. The van der Waals surface area contributed by atoms with Crippen LogP contribution >= 0.6 is 23.2 Å². The van der Waals surface area contributed by atoms with Crippen molar-refractivity contribution in [1.82, 2.24) is 4.31 Å². The van der Waals surface area contributed by atoms with Crippen LogP contribution in [0.2, 0.25) is 10.0 Å². The lowest BCUT2D eigenvalue weighted by molar-refractivity contribution is 0.0363. The molecule has 0 spiro atoms. The summed E-state index contributed by atoms with van der Waals surface area (Å²) in [5, 5.41) is 0.892. The third-order valence-electron chi connectivity index (χ3n) is 2.88. The van der Waals surface area contributed by atoms with E-state index in [0.717, 1.165) is 9.87 Å². The number of nitrogens with zero attached hydrogens (tertiary/aromatic N) is 1. The molecule has 0 bridgehead atoms. The third-order valence-corrected chi connectivity index (χ3v) is 4.73. The largest absolute Gasteiger partial charge is 0.443 e. The average Bonchev–Trinajstić information content (AvgIpc) is 2.73. The van der Waals surface area contributed by atoms with Gasteiger partial charge >= 0.3 is 6.09 Å². The van der Waals surface area contributed by atoms with E-state index in [1.165, 1.54) is 0 Å². The van der Waals surface area contributed by atoms with Crippen molar-refractivity contribution in [1.29, 1.82) is 0 Å². The number of amides is 1. The third kappa shape index (κ3) is 4.35. The van der Waals surface area contributed by atoms with E-state index in [1.807, 2.05) is 6.07 Å². The Labute approximate surface area is 142 Å². The topological polar surface area (TPSA) is 55.8 Å². The van der Waals surface area contributed by atoms with Gasteiger partial charge in [0.15, 0.2) is 0 Å². The van der Waals surface area contributed by atoms with Crippen LogP contribution in [0.15, 0.2) is 18.2 Å². The number of ether oxygens (including phenoxy) is 1. The van der Waals surface area contributed by atoms with E-state index >= 15 is 0 Å². The first-order chi connectivity index (χ1) is 10.2. The first-order valence-corrected chi connectivity index (χ1v) is 8.47. The predicted octanol–water partition coefficient (Wildman–Crippen LogP) is 3.75. The Bertz CT molecular complexity index is 603. The quantitative estimate of drug-likeness (QED) is 0.800. The van der Waals surface area contributed by atoms with Crippen LogP contribution in [-0.4, -0.2) is 32.9 Å². The highest BCUT2D eigenvalue weighted by Crippen LogP contribution is 2.26. The van der Waals surface area contributed by atoms with Crippen molar-refractivity contribution in [2.24, 2.45) is 0 Å². The fourth-order valence-corrected chi connectivity index (χ4v) is 3.23. The minimum Gasteiger partial charge on any atom is -0.443 e. The Balaban J connectivity index is 2.13. The van der Waals surface area contributed by atoms with E-state index in [-0.39, 0.29) is 12.6 Å². The number of hydrogen-bond acceptors (Lipinski definition) is 4. The van der Waals surface area contributed by atoms with Gasteiger partial charge in [0.05, 0.1) is 22.7 Å². The van der Waals surface area contributed by atoms with E-state index in [1.54, 1.807) is 32.9 Å². The van der Waals surface area contributed by atoms with Gasteiger partial charge in [0, 0.05) is 0 Å². The molecule has 5 nitrogen and oxygen atoms in total. The van der Waals surface area contributed by atoms with Crippen LogP contribution in [0.5, 0.6) is 0 Å². The molecule has 22 heavy (non-hydrogen) atoms. The summed E-state index contributed by atoms with van der Waals surface area (Å²) in [6, 6.07) is 4.83. The molecule has 0 saturated carbocycles. The zero-order valence-electron chi connectivity index (χ0n) is 12.5. The van der Waals surface area contributed by atoms with E-state index in [9.17, 15) is 9.00 Å². The molecule has 1 aliphatic rings. The molecule has 2 rings (SSSR count). The molecular formula is C14H17Cl2NO4S. The summed E-state index contributed by atoms with van der Waals surface area (Å²) in [6.45, 7) is 5.42. The van der Waals surface area contributed by atoms with Crippen molar-refractivity contribution in [2.45, 2.75) is 38.8 Å². The summed E-state index contributed by atoms with van der Waals surface area (Å²) in [4.78, 5) is 12.2. The molecule has 1 fully saturated rings. The summed E-state index contributed by atoms with van der Waals surface area (Å²) < 4.78 is 23.4. The van der Waals surface area contributed by atoms with Crippen LogP contribution < -0.4 is 0 Å². The molecule has 1 aromatic rings. The van der Waals surface area contributed by atoms with Gasteiger partial charge in [0.1, 0.15) is 5.60 Å². The van der Waals surface area contributed by atoms with Crippen molar-refractivity contribution in [3.8, 4) is 0 Å². The SMILES string of the molecule is CC(C)(C)OC(=O)N1C(Cc2ccc(Cl)c(Cl)c2)COS1=O. The van der Waals surface area contributed by atoms with Crippen molar-refractivity contribution >= 4 is 40.6 Å². The molecule has 0 radical (unpaired) electrons. The van der Waals surface area contributed by atoms with E-state index < -0.39 is 23.0 Å². The molecule has 1 saturated heterocycles. The number of carbonyl (C=O) groups is 1. The predicted molar refractivity (Wildman–Crippen MR) is 86.1 cm³/mol. The normalized spacial score (nSPS) is 22.0. The highest BCUT2D eigenvalue weighted by atomic mass is 35.5. The van der Waals surface area contributed by atoms with Crippen LogP contribution in [0.4, 0.5) is 4.79 Å². The van der Waals surface area contributed by atoms with E-state index in [0.29, 0.717) is 16.5 Å². The molecule has 0 N–H and O–H groups in total. The van der Waals surface area contributed by atoms with E-state index in [4.69, 9.17) is 32.1 Å². The number of halogens is 2. The van der Waals surface area contributed by atoms with Gasteiger partial charge in [-0.1, -0.05) is 29.3 Å². The van der Waals surface area contributed by atoms with Crippen LogP contribution in [-0.2, 0) is 26.6 Å².